The molecule has 116 valence electrons. The monoisotopic (exact) mass is 296 g/mol. The fourth-order valence-electron chi connectivity index (χ4n) is 3.12. The Morgan fingerprint density at radius 2 is 1.64 bits per heavy atom. The Balaban J connectivity index is 1.74. The van der Waals surface area contributed by atoms with Gasteiger partial charge in [-0.15, -0.1) is 0 Å². The number of rotatable bonds is 4. The molecule has 0 atom stereocenters. The van der Waals surface area contributed by atoms with Crippen LogP contribution in [0.5, 0.6) is 5.75 Å². The first-order chi connectivity index (χ1) is 10.6. The summed E-state index contributed by atoms with van der Waals surface area (Å²) in [5, 5.41) is 0. The van der Waals surface area contributed by atoms with Gasteiger partial charge in [-0.3, -0.25) is 4.98 Å². The van der Waals surface area contributed by atoms with Crippen LogP contribution in [0.2, 0.25) is 0 Å². The molecule has 2 heterocycles. The van der Waals surface area contributed by atoms with Crippen molar-refractivity contribution in [3.8, 4) is 5.75 Å². The number of nitrogens with zero attached hydrogens (tertiary/aromatic N) is 2. The minimum atomic E-state index is 0.519. The van der Waals surface area contributed by atoms with Crippen molar-refractivity contribution in [1.82, 2.24) is 4.98 Å². The van der Waals surface area contributed by atoms with Gasteiger partial charge in [0.15, 0.2) is 0 Å². The highest BCUT2D eigenvalue weighted by molar-refractivity contribution is 5.49. The number of hydrogen-bond donors (Lipinski definition) is 0. The predicted molar refractivity (Wildman–Crippen MR) is 90.7 cm³/mol. The van der Waals surface area contributed by atoms with Crippen molar-refractivity contribution in [3.63, 3.8) is 0 Å². The van der Waals surface area contributed by atoms with E-state index in [4.69, 9.17) is 4.74 Å². The third-order valence-electron chi connectivity index (χ3n) is 4.04. The molecular formula is C19H24N2O. The van der Waals surface area contributed by atoms with Gasteiger partial charge < -0.3 is 9.64 Å². The molecule has 0 bridgehead atoms. The molecule has 0 radical (unpaired) electrons. The van der Waals surface area contributed by atoms with Crippen LogP contribution in [-0.2, 0) is 6.61 Å². The third-order valence-corrected chi connectivity index (χ3v) is 4.04. The molecule has 3 nitrogen and oxygen atoms in total. The van der Waals surface area contributed by atoms with E-state index in [-0.39, 0.29) is 0 Å². The molecule has 1 aromatic heterocycles. The van der Waals surface area contributed by atoms with Crippen LogP contribution in [0, 0.1) is 20.8 Å². The van der Waals surface area contributed by atoms with Gasteiger partial charge in [0.05, 0.1) is 5.69 Å². The molecule has 0 spiro atoms. The topological polar surface area (TPSA) is 25.4 Å². The molecule has 1 aliphatic heterocycles. The average molecular weight is 296 g/mol. The third kappa shape index (κ3) is 3.59. The van der Waals surface area contributed by atoms with E-state index in [1.165, 1.54) is 29.7 Å². The van der Waals surface area contributed by atoms with Crippen molar-refractivity contribution in [2.45, 2.75) is 40.2 Å². The zero-order valence-corrected chi connectivity index (χ0v) is 13.7. The molecule has 1 aliphatic rings. The summed E-state index contributed by atoms with van der Waals surface area (Å²) in [7, 11) is 0. The Morgan fingerprint density at radius 1 is 0.955 bits per heavy atom. The van der Waals surface area contributed by atoms with Gasteiger partial charge in [0, 0.05) is 24.5 Å². The zero-order chi connectivity index (χ0) is 15.5. The number of aromatic nitrogens is 1. The summed E-state index contributed by atoms with van der Waals surface area (Å²) in [5.74, 6) is 0.920. The minimum absolute atomic E-state index is 0.519. The summed E-state index contributed by atoms with van der Waals surface area (Å²) in [6, 6.07) is 10.6. The first-order valence-corrected chi connectivity index (χ1v) is 8.04. The van der Waals surface area contributed by atoms with E-state index in [9.17, 15) is 0 Å². The molecule has 3 heteroatoms. The van der Waals surface area contributed by atoms with Crippen molar-refractivity contribution < 1.29 is 4.74 Å². The van der Waals surface area contributed by atoms with Crippen LogP contribution < -0.4 is 9.64 Å². The minimum Gasteiger partial charge on any atom is -0.487 e. The summed E-state index contributed by atoms with van der Waals surface area (Å²) >= 11 is 0. The molecular weight excluding hydrogens is 272 g/mol. The van der Waals surface area contributed by atoms with Crippen LogP contribution in [-0.4, -0.2) is 18.1 Å². The lowest BCUT2D eigenvalue weighted by Crippen LogP contribution is -2.18. The standard InChI is InChI=1S/C19H24N2O/c1-14-8-15(2)10-19(9-14)22-13-17-12-18(11-16(3)20-17)21-6-4-5-7-21/h8-12H,4-7,13H2,1-3H3. The predicted octanol–water partition coefficient (Wildman–Crippen LogP) is 4.19. The maximum absolute atomic E-state index is 5.95. The number of aryl methyl sites for hydroxylation is 3. The molecule has 22 heavy (non-hydrogen) atoms. The molecule has 3 rings (SSSR count). The van der Waals surface area contributed by atoms with Gasteiger partial charge in [0.2, 0.25) is 0 Å². The van der Waals surface area contributed by atoms with Crippen molar-refractivity contribution in [2.24, 2.45) is 0 Å². The summed E-state index contributed by atoms with van der Waals surface area (Å²) < 4.78 is 5.95. The largest absolute Gasteiger partial charge is 0.487 e. The Kier molecular flexibility index (Phi) is 4.32. The van der Waals surface area contributed by atoms with Gasteiger partial charge in [-0.2, -0.15) is 0 Å². The maximum atomic E-state index is 5.95. The van der Waals surface area contributed by atoms with Crippen LogP contribution >= 0.6 is 0 Å². The highest BCUT2D eigenvalue weighted by Gasteiger charge is 2.13. The lowest BCUT2D eigenvalue weighted by atomic mass is 10.1. The van der Waals surface area contributed by atoms with E-state index in [2.05, 4.69) is 61.0 Å². The van der Waals surface area contributed by atoms with Gasteiger partial charge in [-0.05, 0) is 69.0 Å². The van der Waals surface area contributed by atoms with Crippen LogP contribution in [0.15, 0.2) is 30.3 Å². The summed E-state index contributed by atoms with van der Waals surface area (Å²) in [5.41, 5.74) is 5.79. The van der Waals surface area contributed by atoms with Crippen LogP contribution in [0.25, 0.3) is 0 Å². The maximum Gasteiger partial charge on any atom is 0.130 e. The molecule has 0 unspecified atom stereocenters. The summed E-state index contributed by atoms with van der Waals surface area (Å²) in [6.07, 6.45) is 2.57. The lowest BCUT2D eigenvalue weighted by molar-refractivity contribution is 0.301. The Bertz CT molecular complexity index is 640. The normalized spacial score (nSPS) is 14.4. The van der Waals surface area contributed by atoms with Gasteiger partial charge in [-0.1, -0.05) is 6.07 Å². The second-order valence-corrected chi connectivity index (χ2v) is 6.26. The van der Waals surface area contributed by atoms with E-state index in [1.807, 2.05) is 0 Å². The zero-order valence-electron chi connectivity index (χ0n) is 13.7. The van der Waals surface area contributed by atoms with Gasteiger partial charge >= 0.3 is 0 Å². The Morgan fingerprint density at radius 3 is 2.32 bits per heavy atom. The second-order valence-electron chi connectivity index (χ2n) is 6.26. The van der Waals surface area contributed by atoms with Crippen LogP contribution in [0.3, 0.4) is 0 Å². The number of pyridine rings is 1. The van der Waals surface area contributed by atoms with Crippen LogP contribution in [0.4, 0.5) is 5.69 Å². The van der Waals surface area contributed by atoms with Crippen molar-refractivity contribution in [1.29, 1.82) is 0 Å². The fraction of sp³-hybridized carbons (Fsp3) is 0.421. The summed E-state index contributed by atoms with van der Waals surface area (Å²) in [6.45, 7) is 9.07. The first-order valence-electron chi connectivity index (χ1n) is 8.04. The van der Waals surface area contributed by atoms with E-state index in [1.54, 1.807) is 0 Å². The van der Waals surface area contributed by atoms with E-state index < -0.39 is 0 Å². The number of ether oxygens (including phenoxy) is 1. The number of hydrogen-bond acceptors (Lipinski definition) is 3. The van der Waals surface area contributed by atoms with Crippen molar-refractivity contribution >= 4 is 5.69 Å². The van der Waals surface area contributed by atoms with E-state index in [0.29, 0.717) is 6.61 Å². The average Bonchev–Trinajstić information content (AvgIpc) is 2.98. The van der Waals surface area contributed by atoms with Gasteiger partial charge in [-0.25, -0.2) is 0 Å². The first kappa shape index (κ1) is 14.9. The molecule has 0 amide bonds. The Hall–Kier alpha value is -2.03. The SMILES string of the molecule is Cc1cc(C)cc(OCc2cc(N3CCCC3)cc(C)n2)c1. The quantitative estimate of drug-likeness (QED) is 0.846. The fourth-order valence-corrected chi connectivity index (χ4v) is 3.12. The highest BCUT2D eigenvalue weighted by Crippen LogP contribution is 2.23. The number of anilines is 1. The smallest absolute Gasteiger partial charge is 0.130 e. The molecule has 1 saturated heterocycles. The van der Waals surface area contributed by atoms with Crippen LogP contribution in [0.1, 0.15) is 35.4 Å². The highest BCUT2D eigenvalue weighted by atomic mass is 16.5. The number of benzene rings is 1. The van der Waals surface area contributed by atoms with Gasteiger partial charge in [0.25, 0.3) is 0 Å². The van der Waals surface area contributed by atoms with Crippen molar-refractivity contribution in [3.05, 3.63) is 52.8 Å². The van der Waals surface area contributed by atoms with Gasteiger partial charge in [0.1, 0.15) is 12.4 Å². The molecule has 1 fully saturated rings. The molecule has 2 aromatic rings. The Labute approximate surface area is 132 Å². The summed E-state index contributed by atoms with van der Waals surface area (Å²) in [4.78, 5) is 7.05. The second kappa shape index (κ2) is 6.39. The van der Waals surface area contributed by atoms with E-state index in [0.717, 1.165) is 30.2 Å². The molecule has 0 N–H and O–H groups in total. The lowest BCUT2D eigenvalue weighted by Gasteiger charge is -2.19. The van der Waals surface area contributed by atoms with Crippen molar-refractivity contribution in [2.75, 3.05) is 18.0 Å². The molecule has 0 aliphatic carbocycles. The molecule has 0 saturated carbocycles. The van der Waals surface area contributed by atoms with E-state index >= 15 is 0 Å². The molecule has 1 aromatic carbocycles.